The number of likely N-dealkylation sites (N-methyl/N-ethyl adjacent to an activating group) is 5. The second kappa shape index (κ2) is 50.3. The van der Waals surface area contributed by atoms with Crippen molar-refractivity contribution in [3.8, 4) is 0 Å². The maximum atomic E-state index is 12.4. The summed E-state index contributed by atoms with van der Waals surface area (Å²) in [6, 6.07) is 23.7. The van der Waals surface area contributed by atoms with Crippen molar-refractivity contribution in [2.24, 2.45) is 5.73 Å². The number of nitrogens with two attached hydrogens (primary N) is 3. The number of nitrogen functional groups attached to an aromatic ring is 2. The molecule has 1 fully saturated rings. The van der Waals surface area contributed by atoms with Crippen LogP contribution < -0.4 is 59.3 Å². The lowest BCUT2D eigenvalue weighted by molar-refractivity contribution is -0.870. The average Bonchev–Trinajstić information content (AvgIpc) is 0.856. The van der Waals surface area contributed by atoms with Crippen LogP contribution in [-0.2, 0) is 67.3 Å². The highest BCUT2D eigenvalue weighted by molar-refractivity contribution is 5.85. The number of rotatable bonds is 34. The molecule has 3 aromatic carbocycles. The van der Waals surface area contributed by atoms with Gasteiger partial charge in [-0.05, 0) is 67.2 Å². The molecule has 0 saturated carbocycles. The van der Waals surface area contributed by atoms with Crippen molar-refractivity contribution in [3.05, 3.63) is 102 Å². The number of benzene rings is 3. The molecular formula is C67H125Cl4N13O10+2. The molecule has 0 spiro atoms. The normalized spacial score (nSPS) is 12.5. The predicted octanol–water partition coefficient (Wildman–Crippen LogP) is -4.11. The molecule has 0 atom stereocenters. The van der Waals surface area contributed by atoms with Crippen molar-refractivity contribution in [1.29, 1.82) is 0 Å². The van der Waals surface area contributed by atoms with Crippen LogP contribution in [0.3, 0.4) is 0 Å². The Morgan fingerprint density at radius 3 is 0.957 bits per heavy atom. The van der Waals surface area contributed by atoms with E-state index in [1.165, 1.54) is 11.8 Å². The lowest BCUT2D eigenvalue weighted by atomic mass is 10.1. The smallest absolute Gasteiger partial charge is 0.330 e. The van der Waals surface area contributed by atoms with Crippen molar-refractivity contribution >= 4 is 59.3 Å². The van der Waals surface area contributed by atoms with Gasteiger partial charge in [-0.1, -0.05) is 50.4 Å². The van der Waals surface area contributed by atoms with Crippen LogP contribution >= 0.6 is 12.4 Å². The van der Waals surface area contributed by atoms with Gasteiger partial charge in [-0.15, -0.1) is 12.4 Å². The summed E-state index contributed by atoms with van der Waals surface area (Å²) in [4.78, 5) is 70.7. The molecule has 94 heavy (non-hydrogen) atoms. The zero-order chi connectivity index (χ0) is 67.4. The van der Waals surface area contributed by atoms with Crippen LogP contribution in [-0.4, -0.2) is 304 Å². The number of nitrogens with zero attached hydrogens (tertiary/aromatic N) is 10. The number of anilines is 3. The molecule has 0 aliphatic carbocycles. The number of quaternary nitrogens is 5. The maximum Gasteiger partial charge on any atom is 0.330 e. The molecule has 3 aromatic rings. The number of carbonyl (C=O) groups is 5. The second-order valence-corrected chi connectivity index (χ2v) is 27.9. The minimum atomic E-state index is -0.349. The van der Waals surface area contributed by atoms with Gasteiger partial charge in [0.2, 0.25) is 0 Å². The highest BCUT2D eigenvalue weighted by atomic mass is 35.5. The summed E-state index contributed by atoms with van der Waals surface area (Å²) in [5, 5.41) is 0. The molecule has 0 unspecified atom stereocenters. The fourth-order valence-electron chi connectivity index (χ4n) is 7.94. The summed E-state index contributed by atoms with van der Waals surface area (Å²) >= 11 is 0. The zero-order valence-electron chi connectivity index (χ0n) is 59.5. The largest absolute Gasteiger partial charge is 1.00 e. The number of halogens is 4. The van der Waals surface area contributed by atoms with E-state index in [-0.39, 0.29) is 113 Å². The molecule has 4 rings (SSSR count). The van der Waals surface area contributed by atoms with E-state index in [0.717, 1.165) is 97.5 Å². The third-order valence-corrected chi connectivity index (χ3v) is 13.4. The Labute approximate surface area is 591 Å². The standard InChI is InChI=1S/C28H52N6O4.C23H42N4O4.C8H16NO2.C7H10N2.CH4.4ClH/c1-29-22-30(2)24-32(23-29)26-11-9-25(10-12-26)21-31(15-13-27(35)37-19-17-33(3,4)5)16-14-28(36)38-20-18-34(6,7)8;1-26(2,3)15-17-30-22(28)11-13-25(19-20-7-9-21(24)10-8-20)14-12-23(29)31-18-16-27(4,5)6;1-5-8(10)11-7-6-9(2,3)4;8-5-6-1-3-7(9)4-2-6;;;;;/h9-12H,13-24H2,1-8H3;7-10H,11-19,24H2,1-6H3;5H,1,6-7H2,2-4H3;1-4H,5,8-9H2;1H4;4*1H/q2*+2;+1;;;;;;/p-3. The van der Waals surface area contributed by atoms with Gasteiger partial charge in [-0.2, -0.15) is 0 Å². The van der Waals surface area contributed by atoms with Crippen molar-refractivity contribution in [2.75, 3.05) is 248 Å². The Morgan fingerprint density at radius 2 is 0.702 bits per heavy atom. The number of hydrogen-bond acceptors (Lipinski definition) is 18. The van der Waals surface area contributed by atoms with Gasteiger partial charge >= 0.3 is 29.8 Å². The monoisotopic (exact) mass is 1410 g/mol. The molecule has 1 aliphatic rings. The van der Waals surface area contributed by atoms with Crippen LogP contribution in [0.4, 0.5) is 17.1 Å². The Bertz CT molecular complexity index is 2430. The quantitative estimate of drug-likeness (QED) is 0.0170. The summed E-state index contributed by atoms with van der Waals surface area (Å²) in [7, 11) is 35.1. The fourth-order valence-corrected chi connectivity index (χ4v) is 7.94. The Balaban J connectivity index is -0.000000420. The Kier molecular flexibility index (Phi) is 52.2. The molecule has 23 nitrogen and oxygen atoms in total. The van der Waals surface area contributed by atoms with Gasteiger partial charge in [0.25, 0.3) is 0 Å². The molecule has 27 heteroatoms. The van der Waals surface area contributed by atoms with Crippen molar-refractivity contribution in [1.82, 2.24) is 19.6 Å². The van der Waals surface area contributed by atoms with Gasteiger partial charge < -0.3 is 105 Å². The molecular weight excluding hydrogens is 1290 g/mol. The molecule has 0 bridgehead atoms. The minimum Gasteiger partial charge on any atom is -1.00 e. The van der Waals surface area contributed by atoms with Crippen LogP contribution in [0.1, 0.15) is 49.8 Å². The lowest BCUT2D eigenvalue weighted by Crippen LogP contribution is -3.00. The van der Waals surface area contributed by atoms with E-state index in [2.05, 4.69) is 154 Å². The maximum absolute atomic E-state index is 12.4. The molecule has 0 aromatic heterocycles. The van der Waals surface area contributed by atoms with E-state index < -0.39 is 0 Å². The topological polar surface area (TPSA) is 226 Å². The first-order chi connectivity index (χ1) is 41.3. The van der Waals surface area contributed by atoms with Crippen molar-refractivity contribution in [3.63, 3.8) is 0 Å². The first-order valence-corrected chi connectivity index (χ1v) is 30.8. The van der Waals surface area contributed by atoms with Crippen LogP contribution in [0.5, 0.6) is 0 Å². The highest BCUT2D eigenvalue weighted by Gasteiger charge is 2.21. The molecule has 544 valence electrons. The molecule has 6 N–H and O–H groups in total. The number of esters is 5. The predicted molar refractivity (Wildman–Crippen MR) is 371 cm³/mol. The first-order valence-electron chi connectivity index (χ1n) is 30.8. The summed E-state index contributed by atoms with van der Waals surface area (Å²) in [6.07, 6.45) is 2.32. The molecule has 0 radical (unpaired) electrons. The summed E-state index contributed by atoms with van der Waals surface area (Å²) < 4.78 is 30.2. The number of carbonyl (C=O) groups excluding carboxylic acids is 5. The second-order valence-electron chi connectivity index (χ2n) is 27.9. The van der Waals surface area contributed by atoms with Gasteiger partial charge in [0.15, 0.2) is 0 Å². The number of ether oxygens (including phenoxy) is 5. The summed E-state index contributed by atoms with van der Waals surface area (Å²) in [5.74, 6) is -1.20. The molecule has 1 aliphatic heterocycles. The average molecular weight is 1410 g/mol. The summed E-state index contributed by atoms with van der Waals surface area (Å²) in [5.41, 5.74) is 22.6. The van der Waals surface area contributed by atoms with E-state index in [4.69, 9.17) is 40.9 Å². The van der Waals surface area contributed by atoms with Crippen LogP contribution in [0.2, 0.25) is 0 Å². The highest BCUT2D eigenvalue weighted by Crippen LogP contribution is 2.20. The van der Waals surface area contributed by atoms with Crippen LogP contribution in [0.25, 0.3) is 0 Å². The van der Waals surface area contributed by atoms with E-state index >= 15 is 0 Å². The minimum absolute atomic E-state index is 0. The molecule has 0 amide bonds. The van der Waals surface area contributed by atoms with E-state index in [1.54, 1.807) is 0 Å². The van der Waals surface area contributed by atoms with Gasteiger partial charge in [0.1, 0.15) is 65.8 Å². The van der Waals surface area contributed by atoms with E-state index in [1.807, 2.05) is 69.7 Å². The summed E-state index contributed by atoms with van der Waals surface area (Å²) in [6.45, 7) is 15.9. The third kappa shape index (κ3) is 55.1. The van der Waals surface area contributed by atoms with Crippen molar-refractivity contribution < 1.29 is 107 Å². The third-order valence-electron chi connectivity index (χ3n) is 13.4. The molecule has 1 heterocycles. The fraction of sp³-hybridized carbons (Fsp3) is 0.627. The lowest BCUT2D eigenvalue weighted by Gasteiger charge is -2.40. The van der Waals surface area contributed by atoms with Gasteiger partial charge in [0, 0.05) is 69.0 Å². The SMILES string of the molecule is C.C=CC(=O)OCC[N+](C)(C)C.CN1CN(C)CN(c2ccc(CN(CCC(=O)OCC[N+](C)(C)C)CCC(=O)OCC[N+](C)(C)C)cc2)C1.C[N+](C)(C)CCOC(=O)CCN(CCC(=O)OCC[N+](C)(C)C)Cc1ccc(N)cc1.Cl.NCc1ccc(N)cc1.[Cl-].[Cl-].[Cl-]. The zero-order valence-corrected chi connectivity index (χ0v) is 62.6. The van der Waals surface area contributed by atoms with Crippen molar-refractivity contribution in [2.45, 2.75) is 52.7 Å². The van der Waals surface area contributed by atoms with Gasteiger partial charge in [0.05, 0.1) is 151 Å². The van der Waals surface area contributed by atoms with Gasteiger partial charge in [-0.3, -0.25) is 38.8 Å². The van der Waals surface area contributed by atoms with E-state index in [0.29, 0.717) is 84.5 Å². The Morgan fingerprint density at radius 1 is 0.447 bits per heavy atom. The van der Waals surface area contributed by atoms with E-state index in [9.17, 15) is 24.0 Å². The van der Waals surface area contributed by atoms with Gasteiger partial charge in [-0.25, -0.2) is 4.79 Å². The van der Waals surface area contributed by atoms with Crippen LogP contribution in [0, 0.1) is 0 Å². The first kappa shape index (κ1) is 97.6. The number of hydrogen-bond donors (Lipinski definition) is 3. The van der Waals surface area contributed by atoms with Crippen LogP contribution in [0.15, 0.2) is 85.5 Å². The Hall–Kier alpha value is -5.09. The molecule has 1 saturated heterocycles.